The lowest BCUT2D eigenvalue weighted by atomic mass is 10.1. The molecule has 0 aliphatic carbocycles. The number of fused-ring (bicyclic) bond motifs is 1. The molecule has 0 aliphatic heterocycles. The van der Waals surface area contributed by atoms with E-state index in [1.54, 1.807) is 40.4 Å². The highest BCUT2D eigenvalue weighted by Crippen LogP contribution is 2.31. The van der Waals surface area contributed by atoms with Crippen molar-refractivity contribution >= 4 is 39.2 Å². The van der Waals surface area contributed by atoms with E-state index in [1.807, 2.05) is 68.6 Å². The lowest BCUT2D eigenvalue weighted by molar-refractivity contribution is 0.0742. The van der Waals surface area contributed by atoms with E-state index in [4.69, 9.17) is 0 Å². The fourth-order valence-corrected chi connectivity index (χ4v) is 5.07. The smallest absolute Gasteiger partial charge is 0.254 e. The van der Waals surface area contributed by atoms with Crippen molar-refractivity contribution in [2.45, 2.75) is 23.1 Å². The highest BCUT2D eigenvalue weighted by molar-refractivity contribution is 8.00. The monoisotopic (exact) mass is 419 g/mol. The molecule has 146 valence electrons. The van der Waals surface area contributed by atoms with Gasteiger partial charge in [0, 0.05) is 30.8 Å². The van der Waals surface area contributed by atoms with Crippen LogP contribution in [0.15, 0.2) is 77.4 Å². The lowest BCUT2D eigenvalue weighted by Gasteiger charge is -2.25. The van der Waals surface area contributed by atoms with Gasteiger partial charge in [0.15, 0.2) is 4.34 Å². The number of para-hydroxylation sites is 1. The number of thioether (sulfide) groups is 1. The maximum Gasteiger partial charge on any atom is 0.254 e. The summed E-state index contributed by atoms with van der Waals surface area (Å²) in [5, 5.41) is 0. The molecule has 0 bridgehead atoms. The van der Waals surface area contributed by atoms with Gasteiger partial charge >= 0.3 is 0 Å². The van der Waals surface area contributed by atoms with E-state index in [9.17, 15) is 4.79 Å². The molecule has 0 fully saturated rings. The van der Waals surface area contributed by atoms with E-state index in [2.05, 4.69) is 16.0 Å². The molecule has 4 nitrogen and oxygen atoms in total. The van der Waals surface area contributed by atoms with E-state index in [-0.39, 0.29) is 11.9 Å². The molecule has 0 radical (unpaired) electrons. The average molecular weight is 420 g/mol. The minimum Gasteiger partial charge on any atom is -0.335 e. The van der Waals surface area contributed by atoms with Gasteiger partial charge in [-0.25, -0.2) is 4.98 Å². The van der Waals surface area contributed by atoms with Gasteiger partial charge in [-0.15, -0.1) is 11.3 Å². The van der Waals surface area contributed by atoms with Crippen molar-refractivity contribution < 1.29 is 4.79 Å². The van der Waals surface area contributed by atoms with Crippen molar-refractivity contribution in [2.75, 3.05) is 7.05 Å². The molecule has 4 aromatic rings. The number of carbonyl (C=O) groups is 1. The summed E-state index contributed by atoms with van der Waals surface area (Å²) in [6, 6.07) is 19.9. The van der Waals surface area contributed by atoms with Crippen LogP contribution in [0.1, 0.15) is 34.5 Å². The van der Waals surface area contributed by atoms with Crippen LogP contribution >= 0.6 is 23.1 Å². The van der Waals surface area contributed by atoms with Crippen molar-refractivity contribution in [1.29, 1.82) is 0 Å². The summed E-state index contributed by atoms with van der Waals surface area (Å²) in [5.74, 6) is 0.845. The number of aromatic nitrogens is 2. The van der Waals surface area contributed by atoms with Crippen molar-refractivity contribution in [3.05, 3.63) is 89.7 Å². The summed E-state index contributed by atoms with van der Waals surface area (Å²) in [6.45, 7) is 2.02. The molecular weight excluding hydrogens is 398 g/mol. The standard InChI is InChI=1S/C23H21N3OS2/c1-16(18-11-13-24-14-12-18)26(2)22(27)19-9-7-17(8-10-19)15-28-23-25-20-5-3-4-6-21(20)29-23/h3-14,16H,15H2,1-2H3. The van der Waals surface area contributed by atoms with Crippen molar-refractivity contribution in [3.63, 3.8) is 0 Å². The van der Waals surface area contributed by atoms with E-state index in [0.29, 0.717) is 5.56 Å². The van der Waals surface area contributed by atoms with Crippen LogP contribution in [0.2, 0.25) is 0 Å². The molecule has 0 saturated heterocycles. The normalized spacial score (nSPS) is 12.1. The Balaban J connectivity index is 1.39. The van der Waals surface area contributed by atoms with Gasteiger partial charge in [0.05, 0.1) is 16.3 Å². The Morgan fingerprint density at radius 3 is 2.52 bits per heavy atom. The SMILES string of the molecule is CC(c1ccncc1)N(C)C(=O)c1ccc(CSc2nc3ccccc3s2)cc1. The minimum absolute atomic E-state index is 0.0136. The van der Waals surface area contributed by atoms with Crippen LogP contribution in [0.4, 0.5) is 0 Å². The zero-order chi connectivity index (χ0) is 20.2. The van der Waals surface area contributed by atoms with E-state index in [0.717, 1.165) is 21.2 Å². The topological polar surface area (TPSA) is 46.1 Å². The number of thiazole rings is 1. The number of nitrogens with zero attached hydrogens (tertiary/aromatic N) is 3. The van der Waals surface area contributed by atoms with Crippen molar-refractivity contribution in [2.24, 2.45) is 0 Å². The molecule has 0 spiro atoms. The quantitative estimate of drug-likeness (QED) is 0.370. The third-order valence-electron chi connectivity index (χ3n) is 4.93. The molecule has 29 heavy (non-hydrogen) atoms. The van der Waals surface area contributed by atoms with Gasteiger partial charge in [-0.3, -0.25) is 9.78 Å². The molecule has 6 heteroatoms. The Hall–Kier alpha value is -2.70. The zero-order valence-electron chi connectivity index (χ0n) is 16.3. The van der Waals surface area contributed by atoms with E-state index >= 15 is 0 Å². The molecule has 1 atom stereocenters. The Bertz CT molecular complexity index is 1080. The van der Waals surface area contributed by atoms with Crippen LogP contribution < -0.4 is 0 Å². The van der Waals surface area contributed by atoms with Crippen molar-refractivity contribution in [1.82, 2.24) is 14.9 Å². The number of hydrogen-bond acceptors (Lipinski definition) is 5. The number of pyridine rings is 1. The highest BCUT2D eigenvalue weighted by Gasteiger charge is 2.18. The average Bonchev–Trinajstić information content (AvgIpc) is 3.20. The van der Waals surface area contributed by atoms with Gasteiger partial charge in [0.25, 0.3) is 5.91 Å². The second kappa shape index (κ2) is 8.76. The second-order valence-electron chi connectivity index (χ2n) is 6.81. The predicted octanol–water partition coefficient (Wildman–Crippen LogP) is 5.82. The van der Waals surface area contributed by atoms with Gasteiger partial charge in [0.2, 0.25) is 0 Å². The molecule has 1 unspecified atom stereocenters. The fourth-order valence-electron chi connectivity index (χ4n) is 3.05. The third kappa shape index (κ3) is 4.49. The first-order valence-electron chi connectivity index (χ1n) is 9.36. The molecule has 0 N–H and O–H groups in total. The maximum atomic E-state index is 12.8. The summed E-state index contributed by atoms with van der Waals surface area (Å²) in [7, 11) is 1.84. The molecule has 2 aromatic heterocycles. The highest BCUT2D eigenvalue weighted by atomic mass is 32.2. The molecule has 0 aliphatic rings. The molecule has 2 heterocycles. The summed E-state index contributed by atoms with van der Waals surface area (Å²) >= 11 is 3.44. The lowest BCUT2D eigenvalue weighted by Crippen LogP contribution is -2.29. The van der Waals surface area contributed by atoms with Gasteiger partial charge in [-0.2, -0.15) is 0 Å². The number of hydrogen-bond donors (Lipinski definition) is 0. The molecule has 1 amide bonds. The summed E-state index contributed by atoms with van der Waals surface area (Å²) in [6.07, 6.45) is 3.50. The molecule has 4 rings (SSSR count). The number of benzene rings is 2. The zero-order valence-corrected chi connectivity index (χ0v) is 17.9. The van der Waals surface area contributed by atoms with Crippen LogP contribution in [-0.2, 0) is 5.75 Å². The largest absolute Gasteiger partial charge is 0.335 e. The molecule has 2 aromatic carbocycles. The predicted molar refractivity (Wildman–Crippen MR) is 120 cm³/mol. The summed E-state index contributed by atoms with van der Waals surface area (Å²) < 4.78 is 2.28. The maximum absolute atomic E-state index is 12.8. The minimum atomic E-state index is -0.0141. The third-order valence-corrected chi connectivity index (χ3v) is 7.18. The molecular formula is C23H21N3OS2. The Morgan fingerprint density at radius 1 is 1.07 bits per heavy atom. The van der Waals surface area contributed by atoms with Crippen LogP contribution in [0.5, 0.6) is 0 Å². The van der Waals surface area contributed by atoms with Gasteiger partial charge < -0.3 is 4.90 Å². The van der Waals surface area contributed by atoms with Gasteiger partial charge in [-0.1, -0.05) is 36.0 Å². The Kier molecular flexibility index (Phi) is 5.92. The van der Waals surface area contributed by atoms with Crippen LogP contribution in [-0.4, -0.2) is 27.8 Å². The number of carbonyl (C=O) groups excluding carboxylic acids is 1. The second-order valence-corrected chi connectivity index (χ2v) is 9.06. The number of amides is 1. The summed E-state index contributed by atoms with van der Waals surface area (Å²) in [4.78, 5) is 23.3. The first-order chi connectivity index (χ1) is 14.1. The Labute approximate surface area is 178 Å². The summed E-state index contributed by atoms with van der Waals surface area (Å²) in [5.41, 5.74) is 3.99. The van der Waals surface area contributed by atoms with Crippen LogP contribution in [0, 0.1) is 0 Å². The van der Waals surface area contributed by atoms with Crippen LogP contribution in [0.3, 0.4) is 0 Å². The van der Waals surface area contributed by atoms with Crippen LogP contribution in [0.25, 0.3) is 10.2 Å². The van der Waals surface area contributed by atoms with Crippen molar-refractivity contribution in [3.8, 4) is 0 Å². The fraction of sp³-hybridized carbons (Fsp3) is 0.174. The first kappa shape index (κ1) is 19.6. The van der Waals surface area contributed by atoms with Gasteiger partial charge in [0.1, 0.15) is 0 Å². The van der Waals surface area contributed by atoms with Gasteiger partial charge in [-0.05, 0) is 54.4 Å². The Morgan fingerprint density at radius 2 is 1.79 bits per heavy atom. The molecule has 0 saturated carbocycles. The number of rotatable bonds is 6. The first-order valence-corrected chi connectivity index (χ1v) is 11.2. The van der Waals surface area contributed by atoms with E-state index < -0.39 is 0 Å². The van der Waals surface area contributed by atoms with E-state index in [1.165, 1.54) is 10.3 Å².